The molecule has 6 nitrogen and oxygen atoms in total. The summed E-state index contributed by atoms with van der Waals surface area (Å²) in [7, 11) is 0. The number of nitro benzene ring substituents is 1. The van der Waals surface area contributed by atoms with Gasteiger partial charge in [0.15, 0.2) is 0 Å². The Morgan fingerprint density at radius 3 is 2.57 bits per heavy atom. The Balaban J connectivity index is 3.41. The first-order valence-electron chi connectivity index (χ1n) is 3.25. The molecule has 14 heavy (non-hydrogen) atoms. The maximum Gasteiger partial charge on any atom is 0.305 e. The number of azide groups is 1. The highest BCUT2D eigenvalue weighted by molar-refractivity contribution is 5.48. The Morgan fingerprint density at radius 1 is 1.43 bits per heavy atom. The number of nitro groups is 1. The fraction of sp³-hybridized carbons (Fsp3) is 0. The van der Waals surface area contributed by atoms with E-state index in [1.165, 1.54) is 0 Å². The highest BCUT2D eigenvalue weighted by atomic mass is 19.1. The predicted octanol–water partition coefficient (Wildman–Crippen LogP) is 2.81. The molecule has 0 heterocycles. The van der Waals surface area contributed by atoms with Gasteiger partial charge in [-0.05, 0) is 5.53 Å². The first-order valence-corrected chi connectivity index (χ1v) is 3.25. The monoisotopic (exact) mass is 200 g/mol. The maximum atomic E-state index is 12.8. The second kappa shape index (κ2) is 3.67. The zero-order chi connectivity index (χ0) is 10.7. The third-order valence-electron chi connectivity index (χ3n) is 1.37. The topological polar surface area (TPSA) is 91.9 Å². The normalized spacial score (nSPS) is 9.29. The standard InChI is InChI=1S/C6H2F2N4O2/c7-3-1-4(8)6(12(13)14)2-5(3)10-11-9/h1-2H. The lowest BCUT2D eigenvalue weighted by atomic mass is 10.2. The Labute approximate surface area is 75.5 Å². The summed E-state index contributed by atoms with van der Waals surface area (Å²) in [5, 5.41) is 13.0. The van der Waals surface area contributed by atoms with E-state index in [0.29, 0.717) is 12.1 Å². The number of halogens is 2. The van der Waals surface area contributed by atoms with Gasteiger partial charge >= 0.3 is 5.69 Å². The van der Waals surface area contributed by atoms with Crippen LogP contribution in [0.25, 0.3) is 10.4 Å². The molecule has 0 aromatic heterocycles. The minimum atomic E-state index is -1.32. The van der Waals surface area contributed by atoms with Crippen molar-refractivity contribution in [1.29, 1.82) is 0 Å². The largest absolute Gasteiger partial charge is 0.305 e. The smallest absolute Gasteiger partial charge is 0.258 e. The van der Waals surface area contributed by atoms with E-state index in [9.17, 15) is 18.9 Å². The minimum absolute atomic E-state index is 0.294. The van der Waals surface area contributed by atoms with Crippen LogP contribution in [0.2, 0.25) is 0 Å². The molecular formula is C6H2F2N4O2. The summed E-state index contributed by atoms with van der Waals surface area (Å²) >= 11 is 0. The quantitative estimate of drug-likeness (QED) is 0.241. The van der Waals surface area contributed by atoms with Crippen LogP contribution in [0.1, 0.15) is 0 Å². The number of hydrogen-bond donors (Lipinski definition) is 0. The van der Waals surface area contributed by atoms with E-state index in [1.54, 1.807) is 0 Å². The average molecular weight is 200 g/mol. The molecule has 8 heteroatoms. The lowest BCUT2D eigenvalue weighted by Gasteiger charge is -1.96. The van der Waals surface area contributed by atoms with Crippen LogP contribution in [0.15, 0.2) is 17.2 Å². The van der Waals surface area contributed by atoms with Gasteiger partial charge in [-0.25, -0.2) is 4.39 Å². The Hall–Kier alpha value is -2.21. The zero-order valence-corrected chi connectivity index (χ0v) is 6.52. The van der Waals surface area contributed by atoms with E-state index in [1.807, 2.05) is 0 Å². The summed E-state index contributed by atoms with van der Waals surface area (Å²) in [6, 6.07) is 0.826. The average Bonchev–Trinajstić information content (AvgIpc) is 2.09. The predicted molar refractivity (Wildman–Crippen MR) is 41.8 cm³/mol. The van der Waals surface area contributed by atoms with Gasteiger partial charge in [0, 0.05) is 17.0 Å². The zero-order valence-electron chi connectivity index (χ0n) is 6.52. The van der Waals surface area contributed by atoms with Gasteiger partial charge < -0.3 is 0 Å². The number of rotatable bonds is 2. The lowest BCUT2D eigenvalue weighted by Crippen LogP contribution is -1.93. The van der Waals surface area contributed by atoms with Gasteiger partial charge in [0.25, 0.3) is 0 Å². The van der Waals surface area contributed by atoms with Crippen LogP contribution >= 0.6 is 0 Å². The highest BCUT2D eigenvalue weighted by Gasteiger charge is 2.17. The molecule has 0 fully saturated rings. The molecule has 0 aliphatic heterocycles. The van der Waals surface area contributed by atoms with E-state index in [4.69, 9.17) is 5.53 Å². The molecule has 0 radical (unpaired) electrons. The summed E-state index contributed by atoms with van der Waals surface area (Å²) < 4.78 is 25.5. The van der Waals surface area contributed by atoms with Crippen molar-refractivity contribution < 1.29 is 13.7 Å². The van der Waals surface area contributed by atoms with E-state index < -0.39 is 27.9 Å². The molecular weight excluding hydrogens is 198 g/mol. The molecule has 0 bridgehead atoms. The second-order valence-corrected chi connectivity index (χ2v) is 2.20. The van der Waals surface area contributed by atoms with Gasteiger partial charge in [-0.15, -0.1) is 0 Å². The van der Waals surface area contributed by atoms with E-state index >= 15 is 0 Å². The Morgan fingerprint density at radius 2 is 2.07 bits per heavy atom. The van der Waals surface area contributed by atoms with E-state index in [-0.39, 0.29) is 0 Å². The van der Waals surface area contributed by atoms with Crippen molar-refractivity contribution in [2.75, 3.05) is 0 Å². The molecule has 0 saturated heterocycles. The van der Waals surface area contributed by atoms with Gasteiger partial charge in [-0.1, -0.05) is 5.11 Å². The molecule has 0 unspecified atom stereocenters. The number of benzene rings is 1. The second-order valence-electron chi connectivity index (χ2n) is 2.20. The third kappa shape index (κ3) is 1.75. The van der Waals surface area contributed by atoms with Crippen molar-refractivity contribution in [3.8, 4) is 0 Å². The van der Waals surface area contributed by atoms with Crippen LogP contribution in [0.3, 0.4) is 0 Å². The molecule has 0 N–H and O–H groups in total. The van der Waals surface area contributed by atoms with Crippen molar-refractivity contribution in [1.82, 2.24) is 0 Å². The Kier molecular flexibility index (Phi) is 2.59. The molecule has 1 rings (SSSR count). The number of nitrogens with zero attached hydrogens (tertiary/aromatic N) is 4. The van der Waals surface area contributed by atoms with Crippen molar-refractivity contribution in [3.63, 3.8) is 0 Å². The summed E-state index contributed by atoms with van der Waals surface area (Å²) in [5.41, 5.74) is 6.42. The molecule has 1 aromatic rings. The van der Waals surface area contributed by atoms with Gasteiger partial charge in [0.1, 0.15) is 5.82 Å². The van der Waals surface area contributed by atoms with Gasteiger partial charge in [0.2, 0.25) is 5.82 Å². The summed E-state index contributed by atoms with van der Waals surface area (Å²) in [6.45, 7) is 0. The third-order valence-corrected chi connectivity index (χ3v) is 1.37. The highest BCUT2D eigenvalue weighted by Crippen LogP contribution is 2.26. The summed E-state index contributed by atoms with van der Waals surface area (Å²) in [5.74, 6) is -2.46. The molecule has 72 valence electrons. The van der Waals surface area contributed by atoms with Crippen LogP contribution in [-0.4, -0.2) is 4.92 Å². The molecule has 0 spiro atoms. The van der Waals surface area contributed by atoms with Crippen molar-refractivity contribution >= 4 is 11.4 Å². The SMILES string of the molecule is [N-]=[N+]=Nc1cc([N+](=O)[O-])c(F)cc1F. The van der Waals surface area contributed by atoms with Gasteiger partial charge in [-0.2, -0.15) is 4.39 Å². The molecule has 1 aromatic carbocycles. The molecule has 0 aliphatic carbocycles. The van der Waals surface area contributed by atoms with Crippen molar-refractivity contribution in [3.05, 3.63) is 44.3 Å². The number of hydrogen-bond acceptors (Lipinski definition) is 3. The molecule has 0 amide bonds. The van der Waals surface area contributed by atoms with Crippen LogP contribution in [-0.2, 0) is 0 Å². The van der Waals surface area contributed by atoms with Crippen LogP contribution in [0.5, 0.6) is 0 Å². The van der Waals surface area contributed by atoms with Crippen LogP contribution < -0.4 is 0 Å². The summed E-state index contributed by atoms with van der Waals surface area (Å²) in [6.07, 6.45) is 0. The summed E-state index contributed by atoms with van der Waals surface area (Å²) in [4.78, 5) is 11.4. The fourth-order valence-corrected chi connectivity index (χ4v) is 0.791. The van der Waals surface area contributed by atoms with Crippen molar-refractivity contribution in [2.45, 2.75) is 0 Å². The minimum Gasteiger partial charge on any atom is -0.258 e. The molecule has 0 aliphatic rings. The van der Waals surface area contributed by atoms with Gasteiger partial charge in [-0.3, -0.25) is 10.1 Å². The maximum absolute atomic E-state index is 12.8. The van der Waals surface area contributed by atoms with E-state index in [0.717, 1.165) is 0 Å². The molecule has 0 saturated carbocycles. The fourth-order valence-electron chi connectivity index (χ4n) is 0.791. The first kappa shape index (κ1) is 9.87. The first-order chi connectivity index (χ1) is 6.56. The Bertz CT molecular complexity index is 418. The van der Waals surface area contributed by atoms with Gasteiger partial charge in [0.05, 0.1) is 10.6 Å². The molecule has 0 atom stereocenters. The van der Waals surface area contributed by atoms with E-state index in [2.05, 4.69) is 10.0 Å². The van der Waals surface area contributed by atoms with Crippen LogP contribution in [0.4, 0.5) is 20.2 Å². The van der Waals surface area contributed by atoms with Crippen LogP contribution in [0, 0.1) is 21.7 Å². The lowest BCUT2D eigenvalue weighted by molar-refractivity contribution is -0.387. The van der Waals surface area contributed by atoms with Crippen molar-refractivity contribution in [2.24, 2.45) is 5.11 Å².